The number of halogens is 1. The van der Waals surface area contributed by atoms with E-state index in [1.165, 1.54) is 50.6 Å². The predicted molar refractivity (Wildman–Crippen MR) is 77.2 cm³/mol. The zero-order valence-corrected chi connectivity index (χ0v) is 11.6. The van der Waals surface area contributed by atoms with Gasteiger partial charge in [-0.3, -0.25) is 0 Å². The first-order valence-corrected chi connectivity index (χ1v) is 7.68. The van der Waals surface area contributed by atoms with Gasteiger partial charge in [0.25, 0.3) is 0 Å². The number of hydrogen-bond acceptors (Lipinski definition) is 1. The summed E-state index contributed by atoms with van der Waals surface area (Å²) < 4.78 is 0. The van der Waals surface area contributed by atoms with E-state index < -0.39 is 0 Å². The summed E-state index contributed by atoms with van der Waals surface area (Å²) in [7, 11) is 0. The molecule has 0 aromatic heterocycles. The molecule has 0 atom stereocenters. The van der Waals surface area contributed by atoms with Crippen molar-refractivity contribution in [3.05, 3.63) is 34.9 Å². The molecule has 1 aromatic rings. The summed E-state index contributed by atoms with van der Waals surface area (Å²) >= 11 is 6.23. The van der Waals surface area contributed by atoms with Gasteiger partial charge in [-0.05, 0) is 55.7 Å². The molecule has 2 heteroatoms. The second-order valence-corrected chi connectivity index (χ2v) is 6.33. The Morgan fingerprint density at radius 2 is 1.94 bits per heavy atom. The van der Waals surface area contributed by atoms with Crippen molar-refractivity contribution in [3.8, 4) is 0 Å². The molecule has 1 N–H and O–H groups in total. The van der Waals surface area contributed by atoms with Gasteiger partial charge in [0.1, 0.15) is 0 Å². The molecule has 1 nitrogen and oxygen atoms in total. The highest BCUT2D eigenvalue weighted by molar-refractivity contribution is 6.31. The maximum absolute atomic E-state index is 6.23. The molecule has 2 saturated carbocycles. The van der Waals surface area contributed by atoms with Gasteiger partial charge in [0.05, 0.1) is 0 Å². The van der Waals surface area contributed by atoms with Crippen molar-refractivity contribution < 1.29 is 0 Å². The van der Waals surface area contributed by atoms with Crippen LogP contribution in [0.3, 0.4) is 0 Å². The molecule has 1 aromatic carbocycles. The van der Waals surface area contributed by atoms with Crippen LogP contribution in [0, 0.1) is 5.92 Å². The third-order valence-electron chi connectivity index (χ3n) is 4.40. The molecule has 2 aliphatic carbocycles. The molecule has 0 spiro atoms. The van der Waals surface area contributed by atoms with Gasteiger partial charge < -0.3 is 5.32 Å². The molecule has 0 unspecified atom stereocenters. The summed E-state index contributed by atoms with van der Waals surface area (Å²) in [5.41, 5.74) is 1.34. The fourth-order valence-corrected chi connectivity index (χ4v) is 3.24. The first-order valence-electron chi connectivity index (χ1n) is 7.30. The summed E-state index contributed by atoms with van der Waals surface area (Å²) in [6, 6.07) is 9.02. The highest BCUT2D eigenvalue weighted by atomic mass is 35.5. The van der Waals surface area contributed by atoms with Crippen molar-refractivity contribution in [3.63, 3.8) is 0 Å². The molecule has 0 saturated heterocycles. The van der Waals surface area contributed by atoms with Crippen LogP contribution in [0.4, 0.5) is 0 Å². The van der Waals surface area contributed by atoms with Crippen LogP contribution in [0.15, 0.2) is 24.3 Å². The Balaban J connectivity index is 1.36. The molecule has 0 radical (unpaired) electrons. The molecule has 2 aliphatic rings. The SMILES string of the molecule is Clc1ccccc1C1CC(NCCCC2CC2)C1. The monoisotopic (exact) mass is 263 g/mol. The minimum Gasteiger partial charge on any atom is -0.314 e. The summed E-state index contributed by atoms with van der Waals surface area (Å²) in [4.78, 5) is 0. The van der Waals surface area contributed by atoms with E-state index in [2.05, 4.69) is 17.4 Å². The van der Waals surface area contributed by atoms with Crippen molar-refractivity contribution >= 4 is 11.6 Å². The van der Waals surface area contributed by atoms with Crippen molar-refractivity contribution in [2.45, 2.75) is 50.5 Å². The Labute approximate surface area is 115 Å². The van der Waals surface area contributed by atoms with E-state index in [-0.39, 0.29) is 0 Å². The Bertz CT molecular complexity index is 394. The van der Waals surface area contributed by atoms with Crippen molar-refractivity contribution in [1.29, 1.82) is 0 Å². The maximum Gasteiger partial charge on any atom is 0.0440 e. The molecule has 2 fully saturated rings. The largest absolute Gasteiger partial charge is 0.314 e. The smallest absolute Gasteiger partial charge is 0.0440 e. The van der Waals surface area contributed by atoms with E-state index in [0.717, 1.165) is 17.0 Å². The molecular weight excluding hydrogens is 242 g/mol. The predicted octanol–water partition coefficient (Wildman–Crippen LogP) is 4.37. The highest BCUT2D eigenvalue weighted by Gasteiger charge is 2.30. The van der Waals surface area contributed by atoms with Gasteiger partial charge in [0.15, 0.2) is 0 Å². The van der Waals surface area contributed by atoms with Crippen LogP contribution in [0.1, 0.15) is 50.0 Å². The lowest BCUT2D eigenvalue weighted by molar-refractivity contribution is 0.289. The lowest BCUT2D eigenvalue weighted by Gasteiger charge is -2.37. The lowest BCUT2D eigenvalue weighted by atomic mass is 9.76. The highest BCUT2D eigenvalue weighted by Crippen LogP contribution is 2.40. The van der Waals surface area contributed by atoms with Crippen molar-refractivity contribution in [2.75, 3.05) is 6.54 Å². The topological polar surface area (TPSA) is 12.0 Å². The Morgan fingerprint density at radius 3 is 2.67 bits per heavy atom. The zero-order valence-electron chi connectivity index (χ0n) is 10.9. The summed E-state index contributed by atoms with van der Waals surface area (Å²) in [5.74, 6) is 1.75. The molecule has 98 valence electrons. The average molecular weight is 264 g/mol. The van der Waals surface area contributed by atoms with E-state index in [1.807, 2.05) is 12.1 Å². The molecule has 3 rings (SSSR count). The van der Waals surface area contributed by atoms with Gasteiger partial charge in [-0.2, -0.15) is 0 Å². The number of hydrogen-bond donors (Lipinski definition) is 1. The zero-order chi connectivity index (χ0) is 12.4. The summed E-state index contributed by atoms with van der Waals surface area (Å²) in [6.07, 6.45) is 8.28. The van der Waals surface area contributed by atoms with Crippen molar-refractivity contribution in [2.24, 2.45) is 5.92 Å². The standard InChI is InChI=1S/C16H22ClN/c17-16-6-2-1-5-15(16)13-10-14(11-13)18-9-3-4-12-7-8-12/h1-2,5-6,12-14,18H,3-4,7-11H2. The minimum atomic E-state index is 0.680. The molecule has 18 heavy (non-hydrogen) atoms. The van der Waals surface area contributed by atoms with E-state index in [0.29, 0.717) is 5.92 Å². The van der Waals surface area contributed by atoms with Crippen molar-refractivity contribution in [1.82, 2.24) is 5.32 Å². The maximum atomic E-state index is 6.23. The Kier molecular flexibility index (Phi) is 3.91. The van der Waals surface area contributed by atoms with Gasteiger partial charge >= 0.3 is 0 Å². The first kappa shape index (κ1) is 12.5. The first-order chi connectivity index (χ1) is 8.83. The minimum absolute atomic E-state index is 0.680. The van der Waals surface area contributed by atoms with Crippen LogP contribution in [0.2, 0.25) is 5.02 Å². The van der Waals surface area contributed by atoms with E-state index >= 15 is 0 Å². The number of nitrogens with one attached hydrogen (secondary N) is 1. The van der Waals surface area contributed by atoms with Crippen LogP contribution in [-0.2, 0) is 0 Å². The lowest BCUT2D eigenvalue weighted by Crippen LogP contribution is -2.40. The van der Waals surface area contributed by atoms with Crippen LogP contribution in [0.5, 0.6) is 0 Å². The molecule has 0 aliphatic heterocycles. The van der Waals surface area contributed by atoms with Gasteiger partial charge in [0.2, 0.25) is 0 Å². The van der Waals surface area contributed by atoms with Crippen LogP contribution < -0.4 is 5.32 Å². The van der Waals surface area contributed by atoms with E-state index in [4.69, 9.17) is 11.6 Å². The third kappa shape index (κ3) is 3.07. The molecular formula is C16H22ClN. The van der Waals surface area contributed by atoms with Crippen LogP contribution >= 0.6 is 11.6 Å². The Hall–Kier alpha value is -0.530. The number of rotatable bonds is 6. The van der Waals surface area contributed by atoms with Gasteiger partial charge in [-0.15, -0.1) is 0 Å². The second-order valence-electron chi connectivity index (χ2n) is 5.93. The van der Waals surface area contributed by atoms with Gasteiger partial charge in [-0.25, -0.2) is 0 Å². The normalized spacial score (nSPS) is 26.9. The van der Waals surface area contributed by atoms with Crippen LogP contribution in [0.25, 0.3) is 0 Å². The second kappa shape index (κ2) is 5.63. The molecule has 0 amide bonds. The summed E-state index contributed by atoms with van der Waals surface area (Å²) in [5, 5.41) is 4.62. The molecule has 0 bridgehead atoms. The van der Waals surface area contributed by atoms with Gasteiger partial charge in [0, 0.05) is 11.1 Å². The van der Waals surface area contributed by atoms with Gasteiger partial charge in [-0.1, -0.05) is 42.6 Å². The summed E-state index contributed by atoms with van der Waals surface area (Å²) in [6.45, 7) is 1.20. The fourth-order valence-electron chi connectivity index (χ4n) is 2.95. The fraction of sp³-hybridized carbons (Fsp3) is 0.625. The Morgan fingerprint density at radius 1 is 1.17 bits per heavy atom. The van der Waals surface area contributed by atoms with Crippen LogP contribution in [-0.4, -0.2) is 12.6 Å². The quantitative estimate of drug-likeness (QED) is 0.752. The van der Waals surface area contributed by atoms with E-state index in [1.54, 1.807) is 0 Å². The average Bonchev–Trinajstić information content (AvgIpc) is 3.12. The number of benzene rings is 1. The third-order valence-corrected chi connectivity index (χ3v) is 4.75. The van der Waals surface area contributed by atoms with E-state index in [9.17, 15) is 0 Å². The molecule has 0 heterocycles.